The molecule has 0 radical (unpaired) electrons. The van der Waals surface area contributed by atoms with Crippen LogP contribution in [0, 0.1) is 5.82 Å². The summed E-state index contributed by atoms with van der Waals surface area (Å²) in [5.74, 6) is -1.33. The van der Waals surface area contributed by atoms with Crippen LogP contribution in [0.4, 0.5) is 15.8 Å². The van der Waals surface area contributed by atoms with E-state index in [9.17, 15) is 14.0 Å². The van der Waals surface area contributed by atoms with Crippen LogP contribution < -0.4 is 10.2 Å². The van der Waals surface area contributed by atoms with Gasteiger partial charge in [0.05, 0.1) is 27.8 Å². The Morgan fingerprint density at radius 2 is 1.83 bits per heavy atom. The number of halogens is 3. The Hall–Kier alpha value is -2.11. The molecule has 23 heavy (non-hydrogen) atoms. The van der Waals surface area contributed by atoms with E-state index < -0.39 is 17.8 Å². The van der Waals surface area contributed by atoms with Crippen molar-refractivity contribution in [1.29, 1.82) is 0 Å². The second-order valence-electron chi connectivity index (χ2n) is 5.05. The smallest absolute Gasteiger partial charge is 0.256 e. The molecular formula is C16H11Cl2FN2O2. The maximum atomic E-state index is 13.7. The van der Waals surface area contributed by atoms with Gasteiger partial charge in [-0.3, -0.25) is 9.59 Å². The summed E-state index contributed by atoms with van der Waals surface area (Å²) in [7, 11) is 0. The van der Waals surface area contributed by atoms with E-state index in [0.29, 0.717) is 10.7 Å². The first-order valence-electron chi connectivity index (χ1n) is 6.80. The summed E-state index contributed by atoms with van der Waals surface area (Å²) >= 11 is 11.8. The van der Waals surface area contributed by atoms with Gasteiger partial charge in [0.1, 0.15) is 11.9 Å². The minimum Gasteiger partial charge on any atom is -0.371 e. The van der Waals surface area contributed by atoms with Gasteiger partial charge in [-0.15, -0.1) is 0 Å². The first kappa shape index (κ1) is 15.8. The maximum absolute atomic E-state index is 13.7. The lowest BCUT2D eigenvalue weighted by molar-refractivity contribution is -0.121. The average molecular weight is 353 g/mol. The second kappa shape index (κ2) is 6.18. The quantitative estimate of drug-likeness (QED) is 0.852. The fraction of sp³-hybridized carbons (Fsp3) is 0.125. The van der Waals surface area contributed by atoms with Crippen molar-refractivity contribution in [3.05, 3.63) is 58.3 Å². The zero-order valence-corrected chi connectivity index (χ0v) is 13.2. The van der Waals surface area contributed by atoms with Crippen molar-refractivity contribution in [3.8, 4) is 0 Å². The van der Waals surface area contributed by atoms with Crippen LogP contribution in [0.1, 0.15) is 6.42 Å². The van der Waals surface area contributed by atoms with E-state index in [-0.39, 0.29) is 23.0 Å². The number of rotatable bonds is 3. The van der Waals surface area contributed by atoms with Gasteiger partial charge in [0.2, 0.25) is 5.91 Å². The van der Waals surface area contributed by atoms with Crippen LogP contribution in [0.5, 0.6) is 0 Å². The van der Waals surface area contributed by atoms with Crippen molar-refractivity contribution >= 4 is 46.4 Å². The van der Waals surface area contributed by atoms with Gasteiger partial charge in [-0.05, 0) is 30.3 Å². The molecule has 3 rings (SSSR count). The van der Waals surface area contributed by atoms with Crippen molar-refractivity contribution < 1.29 is 14.0 Å². The predicted molar refractivity (Wildman–Crippen MR) is 87.4 cm³/mol. The predicted octanol–water partition coefficient (Wildman–Crippen LogP) is 3.88. The molecule has 0 unspecified atom stereocenters. The van der Waals surface area contributed by atoms with Crippen molar-refractivity contribution in [2.45, 2.75) is 12.5 Å². The molecule has 1 saturated heterocycles. The molecule has 1 aliphatic rings. The fourth-order valence-electron chi connectivity index (χ4n) is 2.41. The van der Waals surface area contributed by atoms with Crippen LogP contribution in [0.25, 0.3) is 0 Å². The van der Waals surface area contributed by atoms with Crippen molar-refractivity contribution in [1.82, 2.24) is 0 Å². The Morgan fingerprint density at radius 1 is 1.09 bits per heavy atom. The summed E-state index contributed by atoms with van der Waals surface area (Å²) < 4.78 is 13.7. The monoisotopic (exact) mass is 352 g/mol. The van der Waals surface area contributed by atoms with Crippen LogP contribution in [0.3, 0.4) is 0 Å². The van der Waals surface area contributed by atoms with Gasteiger partial charge in [0, 0.05) is 0 Å². The first-order chi connectivity index (χ1) is 11.0. The van der Waals surface area contributed by atoms with E-state index in [1.165, 1.54) is 30.3 Å². The largest absolute Gasteiger partial charge is 0.371 e. The Kier molecular flexibility index (Phi) is 4.24. The molecule has 1 N–H and O–H groups in total. The number of hydrogen-bond donors (Lipinski definition) is 1. The highest BCUT2D eigenvalue weighted by atomic mass is 35.5. The molecule has 1 atom stereocenters. The lowest BCUT2D eigenvalue weighted by Crippen LogP contribution is -2.35. The third kappa shape index (κ3) is 3.02. The van der Waals surface area contributed by atoms with Gasteiger partial charge in [-0.1, -0.05) is 35.3 Å². The molecule has 0 bridgehead atoms. The summed E-state index contributed by atoms with van der Waals surface area (Å²) in [6.07, 6.45) is -0.0621. The van der Waals surface area contributed by atoms with Crippen LogP contribution >= 0.6 is 23.2 Å². The van der Waals surface area contributed by atoms with Gasteiger partial charge in [0.25, 0.3) is 5.91 Å². The van der Waals surface area contributed by atoms with Gasteiger partial charge in [0.15, 0.2) is 0 Å². The summed E-state index contributed by atoms with van der Waals surface area (Å²) in [5.41, 5.74) is 0.516. The number of amides is 2. The second-order valence-corrected chi connectivity index (χ2v) is 5.86. The number of para-hydroxylation sites is 1. The minimum atomic E-state index is -0.825. The first-order valence-corrected chi connectivity index (χ1v) is 7.56. The summed E-state index contributed by atoms with van der Waals surface area (Å²) in [5, 5.41) is 3.34. The van der Waals surface area contributed by atoms with Crippen molar-refractivity contribution in [2.24, 2.45) is 0 Å². The van der Waals surface area contributed by atoms with Crippen LogP contribution in [0.15, 0.2) is 42.5 Å². The normalized spacial score (nSPS) is 17.7. The van der Waals surface area contributed by atoms with Crippen LogP contribution in [-0.2, 0) is 9.59 Å². The number of hydrogen-bond acceptors (Lipinski definition) is 3. The van der Waals surface area contributed by atoms with E-state index in [2.05, 4.69) is 5.32 Å². The van der Waals surface area contributed by atoms with Crippen LogP contribution in [-0.4, -0.2) is 17.9 Å². The van der Waals surface area contributed by atoms with Crippen LogP contribution in [0.2, 0.25) is 10.0 Å². The Bertz CT molecular complexity index is 797. The average Bonchev–Trinajstić information content (AvgIpc) is 2.79. The highest BCUT2D eigenvalue weighted by Gasteiger charge is 2.40. The number of imide groups is 1. The summed E-state index contributed by atoms with van der Waals surface area (Å²) in [6.45, 7) is 0. The number of carbonyl (C=O) groups excluding carboxylic acids is 2. The number of benzene rings is 2. The molecule has 1 heterocycles. The highest BCUT2D eigenvalue weighted by molar-refractivity contribution is 6.42. The number of nitrogens with one attached hydrogen (secondary N) is 1. The molecule has 2 amide bonds. The molecule has 4 nitrogen and oxygen atoms in total. The summed E-state index contributed by atoms with van der Waals surface area (Å²) in [6, 6.07) is 9.65. The van der Waals surface area contributed by atoms with Crippen molar-refractivity contribution in [3.63, 3.8) is 0 Å². The molecule has 0 aliphatic carbocycles. The van der Waals surface area contributed by atoms with E-state index >= 15 is 0 Å². The molecule has 1 fully saturated rings. The maximum Gasteiger partial charge on any atom is 0.256 e. The highest BCUT2D eigenvalue weighted by Crippen LogP contribution is 2.31. The van der Waals surface area contributed by atoms with Gasteiger partial charge < -0.3 is 5.32 Å². The molecule has 7 heteroatoms. The standard InChI is InChI=1S/C16H11Cl2FN2O2/c17-10-6-5-9(7-11(10)18)21-15(22)8-14(16(21)23)20-13-4-2-1-3-12(13)19/h1-7,14,20H,8H2/t14-/m0/s1. The number of carbonyl (C=O) groups is 2. The minimum absolute atomic E-state index is 0.0621. The molecule has 0 saturated carbocycles. The van der Waals surface area contributed by atoms with Gasteiger partial charge in [-0.2, -0.15) is 0 Å². The van der Waals surface area contributed by atoms with E-state index in [1.807, 2.05) is 0 Å². The SMILES string of the molecule is O=C1C[C@H](Nc2ccccc2F)C(=O)N1c1ccc(Cl)c(Cl)c1. The molecule has 0 aromatic heterocycles. The Labute approximate surface area is 141 Å². The van der Waals surface area contributed by atoms with E-state index in [4.69, 9.17) is 23.2 Å². The van der Waals surface area contributed by atoms with Gasteiger partial charge >= 0.3 is 0 Å². The number of nitrogens with zero attached hydrogens (tertiary/aromatic N) is 1. The molecule has 0 spiro atoms. The van der Waals surface area contributed by atoms with Crippen molar-refractivity contribution in [2.75, 3.05) is 10.2 Å². The Balaban J connectivity index is 1.85. The fourth-order valence-corrected chi connectivity index (χ4v) is 2.70. The molecule has 118 valence electrons. The lowest BCUT2D eigenvalue weighted by atomic mass is 10.2. The topological polar surface area (TPSA) is 49.4 Å². The molecule has 2 aromatic carbocycles. The zero-order chi connectivity index (χ0) is 16.6. The van der Waals surface area contributed by atoms with E-state index in [0.717, 1.165) is 4.90 Å². The zero-order valence-electron chi connectivity index (χ0n) is 11.7. The molecular weight excluding hydrogens is 342 g/mol. The summed E-state index contributed by atoms with van der Waals surface area (Å²) in [4.78, 5) is 25.7. The van der Waals surface area contributed by atoms with Gasteiger partial charge in [-0.25, -0.2) is 9.29 Å². The van der Waals surface area contributed by atoms with E-state index in [1.54, 1.807) is 12.1 Å². The third-order valence-corrected chi connectivity index (χ3v) is 4.25. The Morgan fingerprint density at radius 3 is 2.52 bits per heavy atom. The molecule has 1 aliphatic heterocycles. The molecule has 2 aromatic rings. The lowest BCUT2D eigenvalue weighted by Gasteiger charge is -2.16. The number of anilines is 2. The third-order valence-electron chi connectivity index (χ3n) is 3.51.